The number of hydrogen-bond donors (Lipinski definition) is 1. The monoisotopic (exact) mass is 444 g/mol. The molecule has 2 aromatic carbocycles. The van der Waals surface area contributed by atoms with Gasteiger partial charge in [-0.05, 0) is 55.2 Å². The van der Waals surface area contributed by atoms with Gasteiger partial charge in [0.2, 0.25) is 10.0 Å². The number of nitrogens with zero attached hydrogens (tertiary/aromatic N) is 1. The summed E-state index contributed by atoms with van der Waals surface area (Å²) in [6.07, 6.45) is 1.65. The highest BCUT2D eigenvalue weighted by molar-refractivity contribution is 7.89. The highest BCUT2D eigenvalue weighted by atomic mass is 35.5. The second-order valence-corrected chi connectivity index (χ2v) is 9.56. The van der Waals surface area contributed by atoms with Crippen LogP contribution in [0.2, 0.25) is 10.0 Å². The summed E-state index contributed by atoms with van der Waals surface area (Å²) in [6, 6.07) is 7.85. The maximum absolute atomic E-state index is 14.3. The number of amides is 1. The number of piperidine rings is 1. The molecule has 1 fully saturated rings. The molecule has 150 valence electrons. The number of anilines is 1. The second kappa shape index (κ2) is 8.37. The van der Waals surface area contributed by atoms with Crippen LogP contribution in [0.25, 0.3) is 0 Å². The Labute approximate surface area is 173 Å². The zero-order chi connectivity index (χ0) is 20.5. The Balaban J connectivity index is 1.88. The summed E-state index contributed by atoms with van der Waals surface area (Å²) in [7, 11) is -4.03. The van der Waals surface area contributed by atoms with E-state index in [9.17, 15) is 17.6 Å². The highest BCUT2D eigenvalue weighted by Gasteiger charge is 2.31. The topological polar surface area (TPSA) is 66.5 Å². The Morgan fingerprint density at radius 2 is 1.93 bits per heavy atom. The molecule has 0 spiro atoms. The summed E-state index contributed by atoms with van der Waals surface area (Å²) in [4.78, 5) is 12.0. The molecule has 1 atom stereocenters. The Hall–Kier alpha value is -1.67. The molecule has 0 aliphatic carbocycles. The average molecular weight is 445 g/mol. The fraction of sp³-hybridized carbons (Fsp3) is 0.316. The molecule has 0 aromatic heterocycles. The van der Waals surface area contributed by atoms with Crippen molar-refractivity contribution in [1.29, 1.82) is 0 Å². The predicted octanol–water partition coefficient (Wildman–Crippen LogP) is 4.81. The van der Waals surface area contributed by atoms with Crippen molar-refractivity contribution in [3.05, 3.63) is 57.8 Å². The first kappa shape index (κ1) is 21.0. The normalized spacial score (nSPS) is 18.1. The quantitative estimate of drug-likeness (QED) is 0.735. The van der Waals surface area contributed by atoms with E-state index in [4.69, 9.17) is 23.2 Å². The molecule has 3 rings (SSSR count). The number of nitrogens with one attached hydrogen (secondary N) is 1. The highest BCUT2D eigenvalue weighted by Crippen LogP contribution is 2.27. The van der Waals surface area contributed by atoms with Crippen molar-refractivity contribution in [2.24, 2.45) is 5.92 Å². The molecule has 28 heavy (non-hydrogen) atoms. The zero-order valence-electron chi connectivity index (χ0n) is 15.1. The first-order chi connectivity index (χ1) is 13.2. The third-order valence-electron chi connectivity index (χ3n) is 4.61. The van der Waals surface area contributed by atoms with Crippen LogP contribution in [0.15, 0.2) is 41.3 Å². The van der Waals surface area contributed by atoms with Crippen molar-refractivity contribution in [2.75, 3.05) is 18.4 Å². The van der Waals surface area contributed by atoms with Gasteiger partial charge in [0.05, 0.1) is 10.0 Å². The van der Waals surface area contributed by atoms with Crippen molar-refractivity contribution in [2.45, 2.75) is 24.7 Å². The standard InChI is InChI=1S/C19H19Cl2FN2O3S/c1-12-3-2-8-24(11-12)28(26,27)18-9-13(4-7-17(18)22)19(25)23-14-5-6-15(20)16(21)10-14/h4-7,9-10,12H,2-3,8,11H2,1H3,(H,23,25). The van der Waals surface area contributed by atoms with E-state index >= 15 is 0 Å². The van der Waals surface area contributed by atoms with Gasteiger partial charge in [0, 0.05) is 24.3 Å². The third-order valence-corrected chi connectivity index (χ3v) is 7.23. The van der Waals surface area contributed by atoms with E-state index in [1.165, 1.54) is 22.5 Å². The van der Waals surface area contributed by atoms with E-state index in [-0.39, 0.29) is 16.5 Å². The number of rotatable bonds is 4. The number of benzene rings is 2. The van der Waals surface area contributed by atoms with E-state index in [1.807, 2.05) is 6.92 Å². The molecular formula is C19H19Cl2FN2O3S. The van der Waals surface area contributed by atoms with Gasteiger partial charge in [-0.3, -0.25) is 4.79 Å². The Kier molecular flexibility index (Phi) is 6.29. The molecule has 9 heteroatoms. The predicted molar refractivity (Wildman–Crippen MR) is 108 cm³/mol. The van der Waals surface area contributed by atoms with Crippen LogP contribution in [-0.4, -0.2) is 31.7 Å². The molecule has 1 aliphatic heterocycles. The molecule has 1 N–H and O–H groups in total. The summed E-state index contributed by atoms with van der Waals surface area (Å²) in [6.45, 7) is 2.63. The molecule has 1 aliphatic rings. The summed E-state index contributed by atoms with van der Waals surface area (Å²) in [5, 5.41) is 3.20. The minimum absolute atomic E-state index is 0.0242. The van der Waals surface area contributed by atoms with Crippen LogP contribution in [0.1, 0.15) is 30.1 Å². The lowest BCUT2D eigenvalue weighted by Gasteiger charge is -2.30. The van der Waals surface area contributed by atoms with E-state index in [0.717, 1.165) is 25.0 Å². The zero-order valence-corrected chi connectivity index (χ0v) is 17.4. The maximum atomic E-state index is 14.3. The van der Waals surface area contributed by atoms with Crippen molar-refractivity contribution in [3.63, 3.8) is 0 Å². The number of carbonyl (C=O) groups is 1. The molecule has 0 radical (unpaired) electrons. The number of sulfonamides is 1. The lowest BCUT2D eigenvalue weighted by molar-refractivity contribution is 0.102. The number of halogens is 3. The van der Waals surface area contributed by atoms with Gasteiger partial charge in [-0.1, -0.05) is 30.1 Å². The van der Waals surface area contributed by atoms with Crippen molar-refractivity contribution < 1.29 is 17.6 Å². The van der Waals surface area contributed by atoms with Crippen LogP contribution in [0, 0.1) is 11.7 Å². The second-order valence-electron chi connectivity index (χ2n) is 6.84. The average Bonchev–Trinajstić information content (AvgIpc) is 2.65. The molecule has 1 unspecified atom stereocenters. The molecular weight excluding hydrogens is 426 g/mol. The third kappa shape index (κ3) is 4.49. The van der Waals surface area contributed by atoms with Crippen LogP contribution in [-0.2, 0) is 10.0 Å². The van der Waals surface area contributed by atoms with Crippen LogP contribution in [0.5, 0.6) is 0 Å². The largest absolute Gasteiger partial charge is 0.322 e. The molecule has 5 nitrogen and oxygen atoms in total. The summed E-state index contributed by atoms with van der Waals surface area (Å²) in [5.74, 6) is -1.26. The Bertz CT molecular complexity index is 1010. The van der Waals surface area contributed by atoms with Gasteiger partial charge in [-0.2, -0.15) is 4.31 Å². The van der Waals surface area contributed by atoms with E-state index < -0.39 is 26.6 Å². The Morgan fingerprint density at radius 3 is 2.61 bits per heavy atom. The molecule has 2 aromatic rings. The van der Waals surface area contributed by atoms with Gasteiger partial charge < -0.3 is 5.32 Å². The molecule has 0 saturated carbocycles. The van der Waals surface area contributed by atoms with Crippen LogP contribution in [0.4, 0.5) is 10.1 Å². The van der Waals surface area contributed by atoms with Gasteiger partial charge in [-0.15, -0.1) is 0 Å². The van der Waals surface area contributed by atoms with Crippen molar-refractivity contribution in [1.82, 2.24) is 4.31 Å². The number of carbonyl (C=O) groups excluding carboxylic acids is 1. The van der Waals surface area contributed by atoms with Crippen LogP contribution < -0.4 is 5.32 Å². The first-order valence-electron chi connectivity index (χ1n) is 8.74. The minimum Gasteiger partial charge on any atom is -0.322 e. The number of hydrogen-bond acceptors (Lipinski definition) is 3. The lowest BCUT2D eigenvalue weighted by Crippen LogP contribution is -2.39. The SMILES string of the molecule is CC1CCCN(S(=O)(=O)c2cc(C(=O)Nc3ccc(Cl)c(Cl)c3)ccc2F)C1. The fourth-order valence-electron chi connectivity index (χ4n) is 3.12. The summed E-state index contributed by atoms with van der Waals surface area (Å²) < 4.78 is 41.4. The van der Waals surface area contributed by atoms with E-state index in [2.05, 4.69) is 5.32 Å². The maximum Gasteiger partial charge on any atom is 0.255 e. The Morgan fingerprint density at radius 1 is 1.18 bits per heavy atom. The smallest absolute Gasteiger partial charge is 0.255 e. The fourth-order valence-corrected chi connectivity index (χ4v) is 5.11. The minimum atomic E-state index is -4.03. The molecule has 1 amide bonds. The van der Waals surface area contributed by atoms with Gasteiger partial charge in [0.15, 0.2) is 0 Å². The van der Waals surface area contributed by atoms with Crippen LogP contribution >= 0.6 is 23.2 Å². The molecule has 1 saturated heterocycles. The van der Waals surface area contributed by atoms with Crippen LogP contribution in [0.3, 0.4) is 0 Å². The van der Waals surface area contributed by atoms with Gasteiger partial charge >= 0.3 is 0 Å². The molecule has 1 heterocycles. The van der Waals surface area contributed by atoms with Gasteiger partial charge in [0.25, 0.3) is 5.91 Å². The van der Waals surface area contributed by atoms with Gasteiger partial charge in [-0.25, -0.2) is 12.8 Å². The first-order valence-corrected chi connectivity index (χ1v) is 10.9. The van der Waals surface area contributed by atoms with E-state index in [1.54, 1.807) is 6.07 Å². The molecule has 0 bridgehead atoms. The van der Waals surface area contributed by atoms with Crippen molar-refractivity contribution >= 4 is 44.8 Å². The summed E-state index contributed by atoms with van der Waals surface area (Å²) in [5.41, 5.74) is 0.411. The lowest BCUT2D eigenvalue weighted by atomic mass is 10.0. The van der Waals surface area contributed by atoms with Gasteiger partial charge in [0.1, 0.15) is 10.7 Å². The van der Waals surface area contributed by atoms with Crippen molar-refractivity contribution in [3.8, 4) is 0 Å². The van der Waals surface area contributed by atoms with E-state index in [0.29, 0.717) is 23.8 Å². The summed E-state index contributed by atoms with van der Waals surface area (Å²) >= 11 is 11.8.